The topological polar surface area (TPSA) is 101 Å². The molecule has 2 aliphatic rings. The fraction of sp³-hybridized carbons (Fsp3) is 0.536. The van der Waals surface area contributed by atoms with Crippen molar-refractivity contribution in [3.8, 4) is 0 Å². The van der Waals surface area contributed by atoms with Crippen LogP contribution in [0, 0.1) is 0 Å². The Labute approximate surface area is 212 Å². The molecule has 4 rings (SSSR count). The number of amides is 3. The summed E-state index contributed by atoms with van der Waals surface area (Å²) in [6, 6.07) is 10.4. The van der Waals surface area contributed by atoms with E-state index in [1.807, 2.05) is 24.3 Å². The third-order valence-electron chi connectivity index (χ3n) is 7.07. The number of hydrogen-bond donors (Lipinski definition) is 2. The van der Waals surface area contributed by atoms with Crippen molar-refractivity contribution in [2.75, 3.05) is 19.7 Å². The lowest BCUT2D eigenvalue weighted by Gasteiger charge is -2.34. The van der Waals surface area contributed by atoms with Crippen molar-refractivity contribution >= 4 is 17.7 Å². The minimum absolute atomic E-state index is 0.119. The molecule has 1 aliphatic carbocycles. The second-order valence-electron chi connectivity index (χ2n) is 10.1. The number of carbonyl (C=O) groups is 3. The van der Waals surface area contributed by atoms with Crippen molar-refractivity contribution in [2.24, 2.45) is 0 Å². The molecule has 0 unspecified atom stereocenters. The molecule has 0 spiro atoms. The molecule has 1 aromatic carbocycles. The molecule has 1 aliphatic heterocycles. The molecule has 1 aromatic heterocycles. The predicted octanol–water partition coefficient (Wildman–Crippen LogP) is 3.94. The van der Waals surface area contributed by atoms with Crippen molar-refractivity contribution in [3.63, 3.8) is 0 Å². The van der Waals surface area contributed by atoms with Crippen molar-refractivity contribution < 1.29 is 23.5 Å². The number of rotatable bonds is 10. The fourth-order valence-corrected chi connectivity index (χ4v) is 5.00. The fourth-order valence-electron chi connectivity index (χ4n) is 5.00. The molecule has 1 saturated heterocycles. The smallest absolute Gasteiger partial charge is 0.287 e. The van der Waals surface area contributed by atoms with Crippen LogP contribution in [0.15, 0.2) is 47.1 Å². The monoisotopic (exact) mass is 495 g/mol. The lowest BCUT2D eigenvalue weighted by Crippen LogP contribution is -2.50. The molecule has 1 saturated carbocycles. The Hall–Kier alpha value is -3.13. The summed E-state index contributed by atoms with van der Waals surface area (Å²) in [6.07, 6.45) is 7.09. The summed E-state index contributed by atoms with van der Waals surface area (Å²) in [7, 11) is 0. The summed E-state index contributed by atoms with van der Waals surface area (Å²) >= 11 is 0. The Bertz CT molecular complexity index is 1010. The van der Waals surface area contributed by atoms with Gasteiger partial charge >= 0.3 is 0 Å². The average molecular weight is 496 g/mol. The summed E-state index contributed by atoms with van der Waals surface area (Å²) in [5, 5.41) is 5.82. The number of nitrogens with one attached hydrogen (secondary N) is 2. The van der Waals surface area contributed by atoms with E-state index in [4.69, 9.17) is 9.15 Å². The highest BCUT2D eigenvalue weighted by molar-refractivity contribution is 5.95. The highest BCUT2D eigenvalue weighted by Gasteiger charge is 2.35. The molecule has 8 nitrogen and oxygen atoms in total. The Morgan fingerprint density at radius 1 is 1.00 bits per heavy atom. The number of benzene rings is 1. The molecule has 2 N–H and O–H groups in total. The second kappa shape index (κ2) is 12.2. The van der Waals surface area contributed by atoms with Gasteiger partial charge in [0.2, 0.25) is 11.8 Å². The van der Waals surface area contributed by atoms with Crippen molar-refractivity contribution in [3.05, 3.63) is 59.5 Å². The van der Waals surface area contributed by atoms with Crippen LogP contribution in [0.5, 0.6) is 0 Å². The molecule has 36 heavy (non-hydrogen) atoms. The summed E-state index contributed by atoms with van der Waals surface area (Å²) in [6.45, 7) is 4.92. The quantitative estimate of drug-likeness (QED) is 0.520. The van der Waals surface area contributed by atoms with E-state index >= 15 is 0 Å². The van der Waals surface area contributed by atoms with E-state index in [-0.39, 0.29) is 42.8 Å². The first-order chi connectivity index (χ1) is 17.4. The normalized spacial score (nSPS) is 18.8. The van der Waals surface area contributed by atoms with Crippen LogP contribution in [0.4, 0.5) is 0 Å². The first-order valence-electron chi connectivity index (χ1n) is 13.1. The number of furan rings is 1. The van der Waals surface area contributed by atoms with Crippen molar-refractivity contribution in [1.82, 2.24) is 15.5 Å². The van der Waals surface area contributed by atoms with E-state index in [1.165, 1.54) is 12.3 Å². The third-order valence-corrected chi connectivity index (χ3v) is 7.07. The van der Waals surface area contributed by atoms with Gasteiger partial charge in [-0.15, -0.1) is 0 Å². The molecule has 194 valence electrons. The maximum atomic E-state index is 13.7. The molecule has 0 radical (unpaired) electrons. The number of ether oxygens (including phenoxy) is 1. The van der Waals surface area contributed by atoms with E-state index in [1.54, 1.807) is 11.0 Å². The number of nitrogens with zero attached hydrogens (tertiary/aromatic N) is 1. The van der Waals surface area contributed by atoms with Gasteiger partial charge in [-0.25, -0.2) is 0 Å². The molecule has 0 bridgehead atoms. The van der Waals surface area contributed by atoms with Gasteiger partial charge in [0, 0.05) is 19.2 Å². The zero-order valence-electron chi connectivity index (χ0n) is 21.2. The van der Waals surface area contributed by atoms with E-state index in [2.05, 4.69) is 24.5 Å². The van der Waals surface area contributed by atoms with Gasteiger partial charge in [0.15, 0.2) is 5.76 Å². The van der Waals surface area contributed by atoms with Crippen LogP contribution in [-0.4, -0.2) is 54.5 Å². The minimum Gasteiger partial charge on any atom is -0.459 e. The Kier molecular flexibility index (Phi) is 8.80. The van der Waals surface area contributed by atoms with Crippen LogP contribution in [0.1, 0.15) is 86.0 Å². The highest BCUT2D eigenvalue weighted by Crippen LogP contribution is 2.28. The standard InChI is InChI=1S/C28H37N3O5/c1-19(2)20-11-13-21(14-12-20)26(28(34)30-22-7-3-4-8-22)31(18-23-9-5-15-35-23)25(32)17-29-27(33)24-10-6-16-36-24/h6,10-14,16,19,22-23,26H,3-5,7-9,15,17-18H2,1-2H3,(H,29,33)(H,30,34)/t23-,26+/m1/s1. The second-order valence-corrected chi connectivity index (χ2v) is 10.1. The Morgan fingerprint density at radius 2 is 1.72 bits per heavy atom. The van der Waals surface area contributed by atoms with Gasteiger partial charge in [0.05, 0.1) is 18.9 Å². The molecular formula is C28H37N3O5. The first kappa shape index (κ1) is 25.9. The van der Waals surface area contributed by atoms with Gasteiger partial charge in [-0.1, -0.05) is 51.0 Å². The van der Waals surface area contributed by atoms with Gasteiger partial charge < -0.3 is 24.7 Å². The molecule has 2 aromatic rings. The summed E-state index contributed by atoms with van der Waals surface area (Å²) in [5.41, 5.74) is 1.91. The van der Waals surface area contributed by atoms with Gasteiger partial charge in [-0.3, -0.25) is 14.4 Å². The summed E-state index contributed by atoms with van der Waals surface area (Å²) in [4.78, 5) is 41.3. The van der Waals surface area contributed by atoms with Crippen molar-refractivity contribution in [2.45, 2.75) is 76.5 Å². The lowest BCUT2D eigenvalue weighted by atomic mass is 9.97. The number of carbonyl (C=O) groups excluding carboxylic acids is 3. The van der Waals surface area contributed by atoms with Gasteiger partial charge in [-0.05, 0) is 54.9 Å². The largest absolute Gasteiger partial charge is 0.459 e. The van der Waals surface area contributed by atoms with Crippen LogP contribution in [0.25, 0.3) is 0 Å². The van der Waals surface area contributed by atoms with E-state index in [0.717, 1.165) is 49.7 Å². The molecule has 2 atom stereocenters. The molecule has 8 heteroatoms. The zero-order valence-corrected chi connectivity index (χ0v) is 21.2. The summed E-state index contributed by atoms with van der Waals surface area (Å²) < 4.78 is 11.0. The highest BCUT2D eigenvalue weighted by atomic mass is 16.5. The lowest BCUT2D eigenvalue weighted by molar-refractivity contribution is -0.142. The van der Waals surface area contributed by atoms with E-state index in [0.29, 0.717) is 12.5 Å². The average Bonchev–Trinajstić information content (AvgIpc) is 3.66. The number of hydrogen-bond acceptors (Lipinski definition) is 5. The predicted molar refractivity (Wildman–Crippen MR) is 135 cm³/mol. The molecule has 3 amide bonds. The van der Waals surface area contributed by atoms with E-state index in [9.17, 15) is 14.4 Å². The molecule has 2 heterocycles. The van der Waals surface area contributed by atoms with Gasteiger partial charge in [0.1, 0.15) is 6.04 Å². The van der Waals surface area contributed by atoms with Gasteiger partial charge in [0.25, 0.3) is 5.91 Å². The van der Waals surface area contributed by atoms with Crippen LogP contribution < -0.4 is 10.6 Å². The van der Waals surface area contributed by atoms with Crippen LogP contribution in [0.3, 0.4) is 0 Å². The van der Waals surface area contributed by atoms with E-state index < -0.39 is 11.9 Å². The van der Waals surface area contributed by atoms with Crippen LogP contribution in [0.2, 0.25) is 0 Å². The molecule has 2 fully saturated rings. The molecular weight excluding hydrogens is 458 g/mol. The maximum absolute atomic E-state index is 13.7. The van der Waals surface area contributed by atoms with Crippen LogP contribution in [-0.2, 0) is 14.3 Å². The maximum Gasteiger partial charge on any atom is 0.287 e. The first-order valence-corrected chi connectivity index (χ1v) is 13.1. The third kappa shape index (κ3) is 6.55. The Morgan fingerprint density at radius 3 is 2.33 bits per heavy atom. The Balaban J connectivity index is 1.59. The SMILES string of the molecule is CC(C)c1ccc([C@@H](C(=O)NC2CCCC2)N(C[C@H]2CCCO2)C(=O)CNC(=O)c2ccco2)cc1. The zero-order chi connectivity index (χ0) is 25.5. The van der Waals surface area contributed by atoms with Crippen LogP contribution >= 0.6 is 0 Å². The van der Waals surface area contributed by atoms with Crippen molar-refractivity contribution in [1.29, 1.82) is 0 Å². The van der Waals surface area contributed by atoms with Gasteiger partial charge in [-0.2, -0.15) is 0 Å². The minimum atomic E-state index is -0.816. The summed E-state index contributed by atoms with van der Waals surface area (Å²) in [5.74, 6) is -0.522.